The number of hydrogen-bond donors (Lipinski definition) is 4. The van der Waals surface area contributed by atoms with Crippen LogP contribution in [0.5, 0.6) is 0 Å². The molecule has 0 bridgehead atoms. The van der Waals surface area contributed by atoms with Crippen LogP contribution in [-0.4, -0.2) is 78.1 Å². The lowest BCUT2D eigenvalue weighted by Gasteiger charge is -2.16. The fraction of sp³-hybridized carbons (Fsp3) is 0.296. The number of aryl methyl sites for hydroxylation is 1. The van der Waals surface area contributed by atoms with Gasteiger partial charge in [0.15, 0.2) is 17.2 Å². The highest BCUT2D eigenvalue weighted by atomic mass is 19.4. The molecule has 0 radical (unpaired) electrons. The molecule has 2 amide bonds. The fourth-order valence-electron chi connectivity index (χ4n) is 4.69. The lowest BCUT2D eigenvalue weighted by molar-refractivity contribution is -0.141. The molecule has 5 rings (SSSR count). The average molecular weight is 613 g/mol. The van der Waals surface area contributed by atoms with Crippen molar-refractivity contribution < 1.29 is 32.7 Å². The molecule has 17 heteroatoms. The number of nitrogens with one attached hydrogen (secondary N) is 2. The van der Waals surface area contributed by atoms with Gasteiger partial charge >= 0.3 is 6.18 Å². The van der Waals surface area contributed by atoms with E-state index in [1.165, 1.54) is 23.0 Å². The van der Waals surface area contributed by atoms with E-state index in [-0.39, 0.29) is 54.2 Å². The summed E-state index contributed by atoms with van der Waals surface area (Å²) in [6, 6.07) is 6.68. The largest absolute Gasteiger partial charge is 0.483 e. The number of hydrogen-bond acceptors (Lipinski definition) is 9. The second-order valence-electron chi connectivity index (χ2n) is 9.69. The Bertz CT molecular complexity index is 1730. The topological polar surface area (TPSA) is 197 Å². The second kappa shape index (κ2) is 13.2. The number of nitriles is 1. The number of halogens is 3. The quantitative estimate of drug-likeness (QED) is 0.225. The van der Waals surface area contributed by atoms with E-state index in [1.807, 2.05) is 0 Å². The van der Waals surface area contributed by atoms with Crippen molar-refractivity contribution in [3.05, 3.63) is 59.8 Å². The molecule has 1 fully saturated rings. The van der Waals surface area contributed by atoms with Gasteiger partial charge in [-0.2, -0.15) is 23.5 Å². The number of alkyl halides is 3. The van der Waals surface area contributed by atoms with Crippen molar-refractivity contribution in [1.82, 2.24) is 34.4 Å². The minimum absolute atomic E-state index is 0.0448. The first-order chi connectivity index (χ1) is 21.0. The minimum Gasteiger partial charge on any atom is -0.483 e. The molecule has 1 atom stereocenters. The van der Waals surface area contributed by atoms with Crippen LogP contribution in [0.3, 0.4) is 0 Å². The number of carbonyl (C=O) groups excluding carboxylic acids is 2. The van der Waals surface area contributed by atoms with Crippen LogP contribution in [0.1, 0.15) is 28.0 Å². The second-order valence-corrected chi connectivity index (χ2v) is 9.69. The lowest BCUT2D eigenvalue weighted by Crippen LogP contribution is -2.40. The van der Waals surface area contributed by atoms with Crippen molar-refractivity contribution >= 4 is 35.4 Å². The first kappa shape index (κ1) is 31.4. The maximum Gasteiger partial charge on any atom is 0.435 e. The summed E-state index contributed by atoms with van der Waals surface area (Å²) in [6.45, 7) is 2.06. The molecule has 1 saturated heterocycles. The van der Waals surface area contributed by atoms with Crippen molar-refractivity contribution in [2.75, 3.05) is 25.0 Å². The average Bonchev–Trinajstić information content (AvgIpc) is 3.71. The molecule has 230 valence electrons. The van der Waals surface area contributed by atoms with Gasteiger partial charge < -0.3 is 26.4 Å². The number of imidazole rings is 1. The zero-order chi connectivity index (χ0) is 32.0. The Morgan fingerprint density at radius 1 is 1.30 bits per heavy atom. The molecule has 4 heterocycles. The number of carbonyl (C=O) groups is 3. The molecule has 1 aromatic carbocycles. The molecule has 1 aliphatic heterocycles. The van der Waals surface area contributed by atoms with Crippen molar-refractivity contribution in [3.63, 3.8) is 0 Å². The number of amides is 2. The Hall–Kier alpha value is -5.50. The highest BCUT2D eigenvalue weighted by molar-refractivity contribution is 5.98. The van der Waals surface area contributed by atoms with Gasteiger partial charge in [-0.25, -0.2) is 9.97 Å². The molecule has 3 aromatic heterocycles. The lowest BCUT2D eigenvalue weighted by atomic mass is 10.1. The maximum absolute atomic E-state index is 13.7. The summed E-state index contributed by atoms with van der Waals surface area (Å²) in [5.74, 6) is -0.329. The van der Waals surface area contributed by atoms with Gasteiger partial charge in [0, 0.05) is 49.0 Å². The van der Waals surface area contributed by atoms with Gasteiger partial charge in [0.1, 0.15) is 6.54 Å². The third-order valence-electron chi connectivity index (χ3n) is 6.68. The summed E-state index contributed by atoms with van der Waals surface area (Å²) in [6.07, 6.45) is 1.31. The fourth-order valence-corrected chi connectivity index (χ4v) is 4.69. The molecule has 5 N–H and O–H groups in total. The van der Waals surface area contributed by atoms with Crippen LogP contribution in [0.15, 0.2) is 43.0 Å². The predicted octanol–water partition coefficient (Wildman–Crippen LogP) is 2.18. The van der Waals surface area contributed by atoms with Crippen LogP contribution in [0.2, 0.25) is 0 Å². The monoisotopic (exact) mass is 612 g/mol. The molecule has 14 nitrogen and oxygen atoms in total. The summed E-state index contributed by atoms with van der Waals surface area (Å²) in [5.41, 5.74) is 6.42. The number of aromatic nitrogens is 5. The minimum atomic E-state index is -4.74. The van der Waals surface area contributed by atoms with Crippen LogP contribution in [0.25, 0.3) is 16.9 Å². The van der Waals surface area contributed by atoms with E-state index in [9.17, 15) is 22.8 Å². The third-order valence-corrected chi connectivity index (χ3v) is 6.68. The number of rotatable bonds is 7. The van der Waals surface area contributed by atoms with Gasteiger partial charge in [0.25, 0.3) is 12.4 Å². The first-order valence-electron chi connectivity index (χ1n) is 13.1. The van der Waals surface area contributed by atoms with E-state index in [0.717, 1.165) is 17.3 Å². The molecule has 1 aliphatic rings. The number of nitrogens with two attached hydrogens (primary N) is 1. The van der Waals surface area contributed by atoms with E-state index < -0.39 is 17.8 Å². The molecule has 0 unspecified atom stereocenters. The van der Waals surface area contributed by atoms with Gasteiger partial charge in [-0.1, -0.05) is 0 Å². The molecule has 44 heavy (non-hydrogen) atoms. The molecule has 0 aliphatic carbocycles. The van der Waals surface area contributed by atoms with Crippen molar-refractivity contribution in [2.45, 2.75) is 32.1 Å². The van der Waals surface area contributed by atoms with Crippen LogP contribution < -0.4 is 16.4 Å². The number of likely N-dealkylation sites (tertiary alicyclic amines) is 1. The maximum atomic E-state index is 13.7. The summed E-state index contributed by atoms with van der Waals surface area (Å²) in [7, 11) is 0. The van der Waals surface area contributed by atoms with Gasteiger partial charge in [0.05, 0.1) is 30.1 Å². The number of anilines is 2. The number of fused-ring (bicyclic) bond motifs is 1. The first-order valence-corrected chi connectivity index (χ1v) is 13.1. The van der Waals surface area contributed by atoms with Crippen LogP contribution in [0.4, 0.5) is 24.7 Å². The summed E-state index contributed by atoms with van der Waals surface area (Å²) in [4.78, 5) is 43.6. The molecule has 0 spiro atoms. The Kier molecular flexibility index (Phi) is 9.44. The molecular weight excluding hydrogens is 585 g/mol. The number of carboxylic acid groups (broad SMARTS) is 1. The molecular formula is C27H27F3N10O4. The Balaban J connectivity index is 0.00000141. The van der Waals surface area contributed by atoms with Crippen LogP contribution in [0, 0.1) is 18.3 Å². The van der Waals surface area contributed by atoms with E-state index in [2.05, 4.69) is 25.7 Å². The summed E-state index contributed by atoms with van der Waals surface area (Å²) in [5, 5.41) is 25.1. The van der Waals surface area contributed by atoms with E-state index in [0.29, 0.717) is 29.9 Å². The zero-order valence-corrected chi connectivity index (χ0v) is 23.2. The predicted molar refractivity (Wildman–Crippen MR) is 149 cm³/mol. The van der Waals surface area contributed by atoms with E-state index in [1.54, 1.807) is 36.1 Å². The highest BCUT2D eigenvalue weighted by Crippen LogP contribution is 2.37. The van der Waals surface area contributed by atoms with Crippen molar-refractivity contribution in [2.24, 2.45) is 5.73 Å². The number of benzene rings is 1. The summed E-state index contributed by atoms with van der Waals surface area (Å²) < 4.78 is 43.5. The van der Waals surface area contributed by atoms with Crippen LogP contribution in [-0.2, 0) is 22.3 Å². The van der Waals surface area contributed by atoms with Gasteiger partial charge in [-0.3, -0.25) is 23.5 Å². The normalized spacial score (nSPS) is 14.5. The summed E-state index contributed by atoms with van der Waals surface area (Å²) >= 11 is 0. The smallest absolute Gasteiger partial charge is 0.435 e. The Morgan fingerprint density at radius 3 is 2.68 bits per heavy atom. The van der Waals surface area contributed by atoms with Crippen molar-refractivity contribution in [3.8, 4) is 17.3 Å². The van der Waals surface area contributed by atoms with Gasteiger partial charge in [-0.05, 0) is 37.1 Å². The molecule has 4 aromatic rings. The van der Waals surface area contributed by atoms with E-state index >= 15 is 0 Å². The SMILES string of the molecule is Cc1cc(Nc2nccn3c(-c4cn(CC#N)nc4C(F)(F)F)cnc23)ccc1C(=O)NCC(=O)N1CC[C@H](N)C1.O=CO. The van der Waals surface area contributed by atoms with Gasteiger partial charge in [-0.15, -0.1) is 0 Å². The standard InChI is InChI=1S/C26H25F3N10O2.CH2O2/c1-15-10-17(2-3-18(15)25(41)34-12-21(40)37-7-4-16(31)13-37)35-23-24-33-11-20(39(24)9-6-32-23)19-14-38(8-5-30)36-22(19)26(27,28)29;2-1-3/h2-3,6,9-11,14,16H,4,7-8,12-13,31H2,1H3,(H,32,35)(H,34,41);1H,(H,2,3)/t16-;/m0./s1. The van der Waals surface area contributed by atoms with Crippen molar-refractivity contribution in [1.29, 1.82) is 5.26 Å². The zero-order valence-electron chi connectivity index (χ0n) is 23.2. The molecule has 0 saturated carbocycles. The Morgan fingerprint density at radius 2 is 2.05 bits per heavy atom. The highest BCUT2D eigenvalue weighted by Gasteiger charge is 2.38. The Labute approximate surface area is 247 Å². The third kappa shape index (κ3) is 6.93. The van der Waals surface area contributed by atoms with Gasteiger partial charge in [0.2, 0.25) is 5.91 Å². The number of nitrogens with zero attached hydrogens (tertiary/aromatic N) is 7. The van der Waals surface area contributed by atoms with E-state index in [4.69, 9.17) is 20.9 Å². The van der Waals surface area contributed by atoms with Crippen LogP contribution >= 0.6 is 0 Å².